The second-order valence-corrected chi connectivity index (χ2v) is 12.9. The highest BCUT2D eigenvalue weighted by atomic mass is 16.5. The molecule has 10 aromatic rings. The Balaban J connectivity index is 1.13. The molecule has 0 amide bonds. The first kappa shape index (κ1) is 27.3. The van der Waals surface area contributed by atoms with E-state index in [1.54, 1.807) is 0 Å². The van der Waals surface area contributed by atoms with Gasteiger partial charge in [-0.3, -0.25) is 0 Å². The van der Waals surface area contributed by atoms with E-state index in [9.17, 15) is 0 Å². The lowest BCUT2D eigenvalue weighted by atomic mass is 9.98. The molecule has 1 atom stereocenters. The van der Waals surface area contributed by atoms with E-state index < -0.39 is 0 Å². The summed E-state index contributed by atoms with van der Waals surface area (Å²) >= 11 is 0. The molecule has 1 aliphatic rings. The number of hydrogen-bond donors (Lipinski definition) is 1. The Bertz CT molecular complexity index is 2850. The van der Waals surface area contributed by atoms with E-state index in [0.717, 1.165) is 99.5 Å². The number of nitrogens with one attached hydrogen (secondary N) is 1. The molecule has 1 unspecified atom stereocenters. The van der Waals surface area contributed by atoms with E-state index >= 15 is 0 Å². The number of fused-ring (bicyclic) bond motifs is 12. The molecule has 50 heavy (non-hydrogen) atoms. The summed E-state index contributed by atoms with van der Waals surface area (Å²) in [7, 11) is 0. The number of anilines is 4. The van der Waals surface area contributed by atoms with Crippen molar-refractivity contribution in [3.63, 3.8) is 0 Å². The van der Waals surface area contributed by atoms with Crippen LogP contribution in [-0.4, -0.2) is 0 Å². The van der Waals surface area contributed by atoms with Gasteiger partial charge < -0.3 is 23.8 Å². The number of furan rings is 2. The summed E-state index contributed by atoms with van der Waals surface area (Å²) in [5.74, 6) is 0.873. The first-order valence-electron chi connectivity index (χ1n) is 16.9. The largest absolute Gasteiger partial charge is 0.464 e. The lowest BCUT2D eigenvalue weighted by molar-refractivity contribution is 0.262. The van der Waals surface area contributed by atoms with E-state index in [1.165, 1.54) is 0 Å². The summed E-state index contributed by atoms with van der Waals surface area (Å²) in [6.45, 7) is 0. The lowest BCUT2D eigenvalue weighted by Gasteiger charge is -2.26. The maximum absolute atomic E-state index is 6.69. The van der Waals surface area contributed by atoms with Gasteiger partial charge in [0.25, 0.3) is 0 Å². The normalized spacial score (nSPS) is 14.1. The van der Waals surface area contributed by atoms with Gasteiger partial charge in [-0.15, -0.1) is 0 Å². The smallest absolute Gasteiger partial charge is 0.196 e. The molecule has 11 rings (SSSR count). The van der Waals surface area contributed by atoms with Crippen LogP contribution in [0.2, 0.25) is 0 Å². The molecule has 5 heteroatoms. The molecule has 0 saturated carbocycles. The molecular weight excluding hydrogens is 617 g/mol. The molecule has 5 nitrogen and oxygen atoms in total. The van der Waals surface area contributed by atoms with Crippen molar-refractivity contribution in [2.75, 3.05) is 10.2 Å². The molecule has 0 fully saturated rings. The fourth-order valence-corrected chi connectivity index (χ4v) is 7.76. The van der Waals surface area contributed by atoms with Crippen LogP contribution in [0.25, 0.3) is 65.4 Å². The van der Waals surface area contributed by atoms with Crippen LogP contribution >= 0.6 is 0 Å². The van der Waals surface area contributed by atoms with E-state index in [4.69, 9.17) is 13.6 Å². The Labute approximate surface area is 286 Å². The van der Waals surface area contributed by atoms with Gasteiger partial charge in [0.1, 0.15) is 22.3 Å². The Kier molecular flexibility index (Phi) is 5.66. The summed E-state index contributed by atoms with van der Waals surface area (Å²) in [6, 6.07) is 54.9. The molecule has 0 bridgehead atoms. The van der Waals surface area contributed by atoms with Crippen LogP contribution in [0, 0.1) is 0 Å². The van der Waals surface area contributed by atoms with Crippen LogP contribution < -0.4 is 15.0 Å². The summed E-state index contributed by atoms with van der Waals surface area (Å²) in [4.78, 5) is 2.28. The maximum Gasteiger partial charge on any atom is 0.196 e. The van der Waals surface area contributed by atoms with Crippen molar-refractivity contribution < 1.29 is 13.6 Å². The molecule has 3 heterocycles. The van der Waals surface area contributed by atoms with Gasteiger partial charge in [-0.05, 0) is 65.4 Å². The third-order valence-electron chi connectivity index (χ3n) is 10.1. The number of nitrogens with zero attached hydrogens (tertiary/aromatic N) is 1. The summed E-state index contributed by atoms with van der Waals surface area (Å²) in [6.07, 6.45) is -0.262. The van der Waals surface area contributed by atoms with Gasteiger partial charge in [-0.1, -0.05) is 91.0 Å². The van der Waals surface area contributed by atoms with Gasteiger partial charge in [0.15, 0.2) is 12.0 Å². The Morgan fingerprint density at radius 1 is 0.400 bits per heavy atom. The van der Waals surface area contributed by atoms with Crippen LogP contribution in [0.4, 0.5) is 22.7 Å². The molecule has 0 aliphatic carbocycles. The molecule has 0 spiro atoms. The number of ether oxygens (including phenoxy) is 1. The van der Waals surface area contributed by atoms with Crippen molar-refractivity contribution in [3.8, 4) is 5.75 Å². The molecule has 236 valence electrons. The lowest BCUT2D eigenvalue weighted by Crippen LogP contribution is -2.10. The minimum absolute atomic E-state index is 0.262. The van der Waals surface area contributed by atoms with E-state index in [1.807, 2.05) is 42.5 Å². The average Bonchev–Trinajstić information content (AvgIpc) is 3.89. The summed E-state index contributed by atoms with van der Waals surface area (Å²) < 4.78 is 19.5. The van der Waals surface area contributed by atoms with Gasteiger partial charge in [0, 0.05) is 67.1 Å². The van der Waals surface area contributed by atoms with Crippen molar-refractivity contribution in [2.45, 2.75) is 6.23 Å². The van der Waals surface area contributed by atoms with E-state index in [-0.39, 0.29) is 6.23 Å². The fraction of sp³-hybridized carbons (Fsp3) is 0.0222. The molecule has 0 saturated heterocycles. The second-order valence-electron chi connectivity index (χ2n) is 12.9. The minimum atomic E-state index is -0.262. The molecule has 2 aromatic heterocycles. The zero-order valence-corrected chi connectivity index (χ0v) is 26.8. The highest BCUT2D eigenvalue weighted by molar-refractivity contribution is 6.18. The van der Waals surface area contributed by atoms with Crippen molar-refractivity contribution in [2.24, 2.45) is 0 Å². The van der Waals surface area contributed by atoms with Crippen LogP contribution in [0.1, 0.15) is 11.8 Å². The highest BCUT2D eigenvalue weighted by Gasteiger charge is 2.28. The maximum atomic E-state index is 6.69. The first-order valence-corrected chi connectivity index (χ1v) is 16.9. The number of para-hydroxylation sites is 2. The number of hydrogen-bond acceptors (Lipinski definition) is 5. The topological polar surface area (TPSA) is 50.8 Å². The van der Waals surface area contributed by atoms with Crippen LogP contribution in [-0.2, 0) is 0 Å². The standard InChI is InChI=1S/C45H28N2O3/c1-2-10-27(11-3-1)45-46-43-36-15-5-4-12-31(36)38-24-28(20-23-37(38)44(43)50-45)47(29-18-21-34-32-13-6-8-16-39(32)48-41(34)25-29)30-19-22-35-33-14-7-9-17-40(33)49-42(35)26-30/h1-26,45-46H. The summed E-state index contributed by atoms with van der Waals surface area (Å²) in [5.41, 5.74) is 8.54. The zero-order valence-electron chi connectivity index (χ0n) is 26.8. The summed E-state index contributed by atoms with van der Waals surface area (Å²) in [5, 5.41) is 12.6. The van der Waals surface area contributed by atoms with Gasteiger partial charge in [0.05, 0.1) is 5.69 Å². The SMILES string of the molecule is c1ccc(C2Nc3c(c4ccc(N(c5ccc6c(c5)oc5ccccc56)c5ccc6c(c5)oc5ccccc56)cc4c4ccccc34)O2)cc1. The average molecular weight is 645 g/mol. The first-order chi connectivity index (χ1) is 24.8. The fourth-order valence-electron chi connectivity index (χ4n) is 7.76. The minimum Gasteiger partial charge on any atom is -0.464 e. The Hall–Kier alpha value is -6.72. The van der Waals surface area contributed by atoms with Gasteiger partial charge >= 0.3 is 0 Å². The monoisotopic (exact) mass is 644 g/mol. The van der Waals surface area contributed by atoms with Crippen molar-refractivity contribution in [1.82, 2.24) is 0 Å². The third kappa shape index (κ3) is 4.01. The van der Waals surface area contributed by atoms with Gasteiger partial charge in [-0.25, -0.2) is 0 Å². The van der Waals surface area contributed by atoms with Gasteiger partial charge in [0.2, 0.25) is 0 Å². The van der Waals surface area contributed by atoms with Crippen molar-refractivity contribution in [1.29, 1.82) is 0 Å². The Morgan fingerprint density at radius 2 is 0.900 bits per heavy atom. The van der Waals surface area contributed by atoms with E-state index in [0.29, 0.717) is 0 Å². The predicted molar refractivity (Wildman–Crippen MR) is 204 cm³/mol. The molecule has 0 radical (unpaired) electrons. The van der Waals surface area contributed by atoms with Crippen molar-refractivity contribution >= 4 is 88.2 Å². The third-order valence-corrected chi connectivity index (χ3v) is 10.1. The molecule has 8 aromatic carbocycles. The molecule has 1 N–H and O–H groups in total. The van der Waals surface area contributed by atoms with Crippen molar-refractivity contribution in [3.05, 3.63) is 163 Å². The Morgan fingerprint density at radius 3 is 1.54 bits per heavy atom. The number of benzene rings is 8. The predicted octanol–water partition coefficient (Wildman–Crippen LogP) is 12.8. The van der Waals surface area contributed by atoms with Crippen LogP contribution in [0.3, 0.4) is 0 Å². The highest BCUT2D eigenvalue weighted by Crippen LogP contribution is 2.50. The second kappa shape index (κ2) is 10.4. The quantitative estimate of drug-likeness (QED) is 0.193. The molecular formula is C45H28N2O3. The van der Waals surface area contributed by atoms with E-state index in [2.05, 4.69) is 125 Å². The zero-order chi connectivity index (χ0) is 32.8. The molecule has 1 aliphatic heterocycles. The van der Waals surface area contributed by atoms with Gasteiger partial charge in [-0.2, -0.15) is 0 Å². The number of rotatable bonds is 4. The van der Waals surface area contributed by atoms with Crippen LogP contribution in [0.5, 0.6) is 5.75 Å². The van der Waals surface area contributed by atoms with Crippen LogP contribution in [0.15, 0.2) is 167 Å².